The average molecular weight is 272 g/mol. The topological polar surface area (TPSA) is 20.2 Å². The third-order valence-electron chi connectivity index (χ3n) is 5.54. The van der Waals surface area contributed by atoms with Crippen molar-refractivity contribution in [2.24, 2.45) is 11.8 Å². The predicted octanol–water partition coefficient (Wildman–Crippen LogP) is 4.30. The zero-order chi connectivity index (χ0) is 14.2. The van der Waals surface area contributed by atoms with Gasteiger partial charge in [-0.05, 0) is 60.6 Å². The zero-order valence-corrected chi connectivity index (χ0v) is 13.0. The largest absolute Gasteiger partial charge is 0.389 e. The number of rotatable bonds is 3. The van der Waals surface area contributed by atoms with Crippen LogP contribution in [0.15, 0.2) is 18.2 Å². The molecule has 0 saturated heterocycles. The number of aliphatic hydroxyl groups is 1. The van der Waals surface area contributed by atoms with E-state index in [4.69, 9.17) is 0 Å². The van der Waals surface area contributed by atoms with E-state index in [1.54, 1.807) is 0 Å². The van der Waals surface area contributed by atoms with Crippen molar-refractivity contribution in [3.05, 3.63) is 34.9 Å². The first kappa shape index (κ1) is 14.1. The maximum atomic E-state index is 11.2. The molecule has 1 heteroatoms. The Kier molecular flexibility index (Phi) is 3.90. The van der Waals surface area contributed by atoms with Crippen molar-refractivity contribution in [1.82, 2.24) is 0 Å². The van der Waals surface area contributed by atoms with Crippen molar-refractivity contribution >= 4 is 0 Å². The van der Waals surface area contributed by atoms with Crippen LogP contribution in [0, 0.1) is 11.8 Å². The summed E-state index contributed by atoms with van der Waals surface area (Å²) in [6.45, 7) is 4.54. The molecule has 1 N–H and O–H groups in total. The second-order valence-electron chi connectivity index (χ2n) is 7.33. The summed E-state index contributed by atoms with van der Waals surface area (Å²) in [5, 5.41) is 11.2. The molecule has 1 aromatic carbocycles. The second-order valence-corrected chi connectivity index (χ2v) is 7.33. The molecule has 0 aromatic heterocycles. The lowest BCUT2D eigenvalue weighted by atomic mass is 9.68. The first-order chi connectivity index (χ1) is 9.58. The van der Waals surface area contributed by atoms with E-state index in [1.807, 2.05) is 0 Å². The Morgan fingerprint density at radius 2 is 1.95 bits per heavy atom. The average Bonchev–Trinajstić information content (AvgIpc) is 2.85. The van der Waals surface area contributed by atoms with Crippen LogP contribution in [0.2, 0.25) is 0 Å². The number of fused-ring (bicyclic) bond motifs is 1. The molecule has 0 radical (unpaired) electrons. The highest BCUT2D eigenvalue weighted by atomic mass is 16.3. The molecule has 2 atom stereocenters. The summed E-state index contributed by atoms with van der Waals surface area (Å²) < 4.78 is 0. The van der Waals surface area contributed by atoms with Gasteiger partial charge >= 0.3 is 0 Å². The van der Waals surface area contributed by atoms with Gasteiger partial charge in [-0.2, -0.15) is 0 Å². The van der Waals surface area contributed by atoms with Crippen LogP contribution in [-0.4, -0.2) is 10.7 Å². The number of aryl methyl sites for hydroxylation is 2. The van der Waals surface area contributed by atoms with E-state index in [0.717, 1.165) is 12.8 Å². The van der Waals surface area contributed by atoms with Gasteiger partial charge in [-0.3, -0.25) is 0 Å². The van der Waals surface area contributed by atoms with E-state index in [-0.39, 0.29) is 0 Å². The van der Waals surface area contributed by atoms with E-state index in [2.05, 4.69) is 32.0 Å². The molecule has 110 valence electrons. The third-order valence-corrected chi connectivity index (χ3v) is 5.54. The molecule has 1 nitrogen and oxygen atoms in total. The van der Waals surface area contributed by atoms with Crippen LogP contribution in [0.3, 0.4) is 0 Å². The lowest BCUT2D eigenvalue weighted by Gasteiger charge is -2.42. The molecule has 3 rings (SSSR count). The van der Waals surface area contributed by atoms with E-state index in [9.17, 15) is 5.11 Å². The Morgan fingerprint density at radius 1 is 1.15 bits per heavy atom. The van der Waals surface area contributed by atoms with Gasteiger partial charge in [-0.15, -0.1) is 0 Å². The Balaban J connectivity index is 1.81. The molecule has 0 spiro atoms. The van der Waals surface area contributed by atoms with Crippen molar-refractivity contribution < 1.29 is 5.11 Å². The molecule has 2 unspecified atom stereocenters. The van der Waals surface area contributed by atoms with Crippen LogP contribution in [0.25, 0.3) is 0 Å². The van der Waals surface area contributed by atoms with Gasteiger partial charge in [0.25, 0.3) is 0 Å². The van der Waals surface area contributed by atoms with Crippen molar-refractivity contribution in [3.63, 3.8) is 0 Å². The molecule has 0 amide bonds. The molecule has 2 aliphatic rings. The fourth-order valence-electron chi connectivity index (χ4n) is 4.51. The summed E-state index contributed by atoms with van der Waals surface area (Å²) in [4.78, 5) is 0. The summed E-state index contributed by atoms with van der Waals surface area (Å²) >= 11 is 0. The highest BCUT2D eigenvalue weighted by Crippen LogP contribution is 2.40. The molecule has 20 heavy (non-hydrogen) atoms. The van der Waals surface area contributed by atoms with Gasteiger partial charge in [-0.1, -0.05) is 44.9 Å². The summed E-state index contributed by atoms with van der Waals surface area (Å²) in [7, 11) is 0. The Labute approximate surface area is 123 Å². The summed E-state index contributed by atoms with van der Waals surface area (Å²) in [5.41, 5.74) is 3.94. The summed E-state index contributed by atoms with van der Waals surface area (Å²) in [6, 6.07) is 6.93. The van der Waals surface area contributed by atoms with Gasteiger partial charge in [-0.25, -0.2) is 0 Å². The molecule has 2 aliphatic carbocycles. The number of hydrogen-bond donors (Lipinski definition) is 1. The minimum atomic E-state index is -0.473. The van der Waals surface area contributed by atoms with Crippen LogP contribution >= 0.6 is 0 Å². The number of hydrogen-bond acceptors (Lipinski definition) is 1. The van der Waals surface area contributed by atoms with Crippen molar-refractivity contribution in [1.29, 1.82) is 0 Å². The maximum Gasteiger partial charge on any atom is 0.0718 e. The second kappa shape index (κ2) is 5.52. The molecule has 0 bridgehead atoms. The molecular formula is C19H28O. The lowest BCUT2D eigenvalue weighted by Crippen LogP contribution is -2.45. The predicted molar refractivity (Wildman–Crippen MR) is 83.9 cm³/mol. The van der Waals surface area contributed by atoms with E-state index >= 15 is 0 Å². The quantitative estimate of drug-likeness (QED) is 0.870. The first-order valence-corrected chi connectivity index (χ1v) is 8.41. The monoisotopic (exact) mass is 272 g/mol. The highest BCUT2D eigenvalue weighted by molar-refractivity contribution is 5.36. The Hall–Kier alpha value is -0.820. The molecule has 0 heterocycles. The molecular weight excluding hydrogens is 244 g/mol. The van der Waals surface area contributed by atoms with Gasteiger partial charge in [0.1, 0.15) is 0 Å². The van der Waals surface area contributed by atoms with Crippen LogP contribution in [0.1, 0.15) is 62.6 Å². The van der Waals surface area contributed by atoms with E-state index in [0.29, 0.717) is 11.8 Å². The Bertz CT molecular complexity index is 477. The summed E-state index contributed by atoms with van der Waals surface area (Å²) in [6.07, 6.45) is 9.27. The van der Waals surface area contributed by atoms with Gasteiger partial charge in [0, 0.05) is 6.42 Å². The fraction of sp³-hybridized carbons (Fsp3) is 0.684. The number of benzene rings is 1. The normalized spacial score (nSPS) is 29.7. The van der Waals surface area contributed by atoms with E-state index < -0.39 is 5.60 Å². The highest BCUT2D eigenvalue weighted by Gasteiger charge is 2.40. The Morgan fingerprint density at radius 3 is 2.75 bits per heavy atom. The van der Waals surface area contributed by atoms with Crippen LogP contribution in [0.4, 0.5) is 0 Å². The van der Waals surface area contributed by atoms with Crippen LogP contribution in [-0.2, 0) is 19.3 Å². The summed E-state index contributed by atoms with van der Waals surface area (Å²) in [5.74, 6) is 1.04. The van der Waals surface area contributed by atoms with Crippen LogP contribution < -0.4 is 0 Å². The standard InChI is InChI=1S/C19H28O/c1-14(2)18-8-3-4-11-19(18,20)13-15-9-10-16-6-5-7-17(16)12-15/h9-10,12,14,18,20H,3-8,11,13H2,1-2H3. The van der Waals surface area contributed by atoms with Crippen LogP contribution in [0.5, 0.6) is 0 Å². The van der Waals surface area contributed by atoms with Gasteiger partial charge < -0.3 is 5.11 Å². The van der Waals surface area contributed by atoms with Gasteiger partial charge in [0.15, 0.2) is 0 Å². The van der Waals surface area contributed by atoms with E-state index in [1.165, 1.54) is 55.2 Å². The van der Waals surface area contributed by atoms with Gasteiger partial charge in [0.2, 0.25) is 0 Å². The maximum absolute atomic E-state index is 11.2. The fourth-order valence-corrected chi connectivity index (χ4v) is 4.51. The molecule has 1 fully saturated rings. The third kappa shape index (κ3) is 2.65. The van der Waals surface area contributed by atoms with Gasteiger partial charge in [0.05, 0.1) is 5.60 Å². The first-order valence-electron chi connectivity index (χ1n) is 8.41. The minimum absolute atomic E-state index is 0.463. The van der Waals surface area contributed by atoms with Crippen molar-refractivity contribution in [2.75, 3.05) is 0 Å². The molecule has 0 aliphatic heterocycles. The lowest BCUT2D eigenvalue weighted by molar-refractivity contribution is -0.0652. The SMILES string of the molecule is CC(C)C1CCCCC1(O)Cc1ccc2c(c1)CCC2. The smallest absolute Gasteiger partial charge is 0.0718 e. The van der Waals surface area contributed by atoms with Crippen molar-refractivity contribution in [2.45, 2.75) is 70.8 Å². The zero-order valence-electron chi connectivity index (χ0n) is 13.0. The molecule has 1 saturated carbocycles. The van der Waals surface area contributed by atoms with Crippen molar-refractivity contribution in [3.8, 4) is 0 Å². The molecule has 1 aromatic rings. The minimum Gasteiger partial charge on any atom is -0.389 e.